The third-order valence-corrected chi connectivity index (χ3v) is 10.4. The van der Waals surface area contributed by atoms with Gasteiger partial charge in [-0.15, -0.1) is 0 Å². The summed E-state index contributed by atoms with van der Waals surface area (Å²) >= 11 is 0. The number of benzene rings is 3. The van der Waals surface area contributed by atoms with Gasteiger partial charge in [0.05, 0.1) is 7.11 Å². The Kier molecular flexibility index (Phi) is 8.20. The minimum atomic E-state index is -1.14. The summed E-state index contributed by atoms with van der Waals surface area (Å²) in [5.74, 6) is 0.210. The fourth-order valence-electron chi connectivity index (χ4n) is 7.50. The second-order valence-corrected chi connectivity index (χ2v) is 13.4. The minimum Gasteiger partial charge on any atom is -0.497 e. The number of halogens is 1. The summed E-state index contributed by atoms with van der Waals surface area (Å²) in [6, 6.07) is 22.0. The molecule has 236 valence electrons. The van der Waals surface area contributed by atoms with Crippen molar-refractivity contribution >= 4 is 28.4 Å². The van der Waals surface area contributed by atoms with Crippen molar-refractivity contribution in [1.29, 1.82) is 0 Å². The number of aromatic amines is 1. The lowest BCUT2D eigenvalue weighted by molar-refractivity contribution is -0.150. The Labute approximate surface area is 264 Å². The number of nitrogens with zero attached hydrogens (tertiary/aromatic N) is 2. The van der Waals surface area contributed by atoms with Crippen LogP contribution in [0.2, 0.25) is 0 Å². The first-order chi connectivity index (χ1) is 21.5. The average molecular weight is 611 g/mol. The fraction of sp³-hybridized carbons (Fsp3) is 0.405. The first-order valence-corrected chi connectivity index (χ1v) is 15.8. The van der Waals surface area contributed by atoms with E-state index in [1.54, 1.807) is 54.5 Å². The van der Waals surface area contributed by atoms with Gasteiger partial charge in [-0.3, -0.25) is 9.59 Å². The Balaban J connectivity index is 1.35. The predicted octanol–water partition coefficient (Wildman–Crippen LogP) is 6.89. The molecule has 2 aliphatic rings. The maximum absolute atomic E-state index is 15.2. The van der Waals surface area contributed by atoms with Crippen molar-refractivity contribution in [3.8, 4) is 5.75 Å². The van der Waals surface area contributed by atoms with Crippen LogP contribution in [0.15, 0.2) is 72.8 Å². The zero-order chi connectivity index (χ0) is 31.9. The van der Waals surface area contributed by atoms with E-state index in [1.165, 1.54) is 17.0 Å². The van der Waals surface area contributed by atoms with Crippen LogP contribution in [0.4, 0.5) is 10.1 Å². The normalized spacial score (nSPS) is 20.5. The second-order valence-electron chi connectivity index (χ2n) is 13.4. The number of aryl methyl sites for hydroxylation is 1. The molecule has 1 saturated carbocycles. The number of fused-ring (bicyclic) bond motifs is 1. The van der Waals surface area contributed by atoms with Crippen LogP contribution < -0.4 is 10.1 Å². The standard InChI is InChI=1S/C37H43FN4O3/c1-24-33(28-11-7-9-13-31(28)39-24)34-29(36(34,2)3)22-32(43)42(23-25-10-6-8-12-30(25)38)37(18-20-41(4)21-19-37)35(44)40-26-14-16-27(45-5)17-15-26/h6-17,29,34,39H,18-23H2,1-5H3,(H,40,44)/t29-,34+/m0/s1. The van der Waals surface area contributed by atoms with Crippen LogP contribution in [-0.4, -0.2) is 59.4 Å². The smallest absolute Gasteiger partial charge is 0.250 e. The quantitative estimate of drug-likeness (QED) is 0.217. The highest BCUT2D eigenvalue weighted by atomic mass is 19.1. The number of amides is 2. The molecule has 2 atom stereocenters. The van der Waals surface area contributed by atoms with E-state index >= 15 is 4.39 Å². The van der Waals surface area contributed by atoms with Crippen LogP contribution in [0.5, 0.6) is 5.75 Å². The molecule has 45 heavy (non-hydrogen) atoms. The molecule has 1 aromatic heterocycles. The summed E-state index contributed by atoms with van der Waals surface area (Å²) in [6.07, 6.45) is 1.17. The van der Waals surface area contributed by atoms with E-state index in [0.29, 0.717) is 42.9 Å². The highest BCUT2D eigenvalue weighted by Crippen LogP contribution is 2.67. The van der Waals surface area contributed by atoms with Crippen molar-refractivity contribution in [2.75, 3.05) is 32.6 Å². The SMILES string of the molecule is COc1ccc(NC(=O)C2(N(Cc3ccccc3F)C(=O)C[C@H]3[C@H](c4c(C)[nH]c5ccccc45)C3(C)C)CCN(C)CC2)cc1. The number of para-hydroxylation sites is 1. The number of likely N-dealkylation sites (tertiary alicyclic amines) is 1. The van der Waals surface area contributed by atoms with Crippen LogP contribution in [-0.2, 0) is 16.1 Å². The van der Waals surface area contributed by atoms with Gasteiger partial charge in [0.15, 0.2) is 0 Å². The Morgan fingerprint density at radius 2 is 1.69 bits per heavy atom. The average Bonchev–Trinajstić information content (AvgIpc) is 3.38. The number of anilines is 1. The van der Waals surface area contributed by atoms with Gasteiger partial charge in [0.2, 0.25) is 11.8 Å². The maximum atomic E-state index is 15.2. The summed E-state index contributed by atoms with van der Waals surface area (Å²) in [6.45, 7) is 7.85. The molecule has 0 unspecified atom stereocenters. The molecule has 1 saturated heterocycles. The van der Waals surface area contributed by atoms with Crippen LogP contribution in [0, 0.1) is 24.1 Å². The van der Waals surface area contributed by atoms with E-state index < -0.39 is 5.54 Å². The monoisotopic (exact) mass is 610 g/mol. The number of hydrogen-bond donors (Lipinski definition) is 2. The molecule has 2 amide bonds. The third kappa shape index (κ3) is 5.72. The van der Waals surface area contributed by atoms with Gasteiger partial charge in [0.1, 0.15) is 17.1 Å². The zero-order valence-electron chi connectivity index (χ0n) is 26.8. The van der Waals surface area contributed by atoms with Gasteiger partial charge in [-0.1, -0.05) is 50.2 Å². The maximum Gasteiger partial charge on any atom is 0.250 e. The number of H-pyrrole nitrogens is 1. The minimum absolute atomic E-state index is 0.0230. The van der Waals surface area contributed by atoms with Crippen LogP contribution in [0.1, 0.15) is 55.8 Å². The van der Waals surface area contributed by atoms with Gasteiger partial charge >= 0.3 is 0 Å². The summed E-state index contributed by atoms with van der Waals surface area (Å²) in [7, 11) is 3.62. The van der Waals surface area contributed by atoms with Crippen LogP contribution in [0.25, 0.3) is 10.9 Å². The lowest BCUT2D eigenvalue weighted by Crippen LogP contribution is -2.63. The van der Waals surface area contributed by atoms with Gasteiger partial charge in [-0.2, -0.15) is 0 Å². The zero-order valence-corrected chi connectivity index (χ0v) is 26.8. The number of methoxy groups -OCH3 is 1. The molecule has 2 heterocycles. The van der Waals surface area contributed by atoms with E-state index in [4.69, 9.17) is 4.74 Å². The summed E-state index contributed by atoms with van der Waals surface area (Å²) < 4.78 is 20.5. The van der Waals surface area contributed by atoms with Gasteiger partial charge < -0.3 is 24.8 Å². The number of aromatic nitrogens is 1. The van der Waals surface area contributed by atoms with Crippen molar-refractivity contribution < 1.29 is 18.7 Å². The van der Waals surface area contributed by atoms with Crippen molar-refractivity contribution in [3.63, 3.8) is 0 Å². The van der Waals surface area contributed by atoms with Crippen molar-refractivity contribution in [2.45, 2.75) is 58.0 Å². The summed E-state index contributed by atoms with van der Waals surface area (Å²) in [5, 5.41) is 4.29. The lowest BCUT2D eigenvalue weighted by Gasteiger charge is -2.47. The molecule has 0 bridgehead atoms. The Bertz CT molecular complexity index is 1700. The van der Waals surface area contributed by atoms with Gasteiger partial charge in [-0.05, 0) is 86.0 Å². The molecule has 3 aromatic carbocycles. The molecule has 7 nitrogen and oxygen atoms in total. The molecule has 0 radical (unpaired) electrons. The summed E-state index contributed by atoms with van der Waals surface area (Å²) in [5.41, 5.74) is 3.26. The Hall–Kier alpha value is -4.17. The largest absolute Gasteiger partial charge is 0.497 e. The first kappa shape index (κ1) is 30.8. The lowest BCUT2D eigenvalue weighted by atomic mass is 9.83. The van der Waals surface area contributed by atoms with Gasteiger partial charge in [0, 0.05) is 53.9 Å². The second kappa shape index (κ2) is 12.0. The van der Waals surface area contributed by atoms with Crippen molar-refractivity contribution in [1.82, 2.24) is 14.8 Å². The number of rotatable bonds is 9. The van der Waals surface area contributed by atoms with E-state index in [-0.39, 0.29) is 47.8 Å². The van der Waals surface area contributed by atoms with Gasteiger partial charge in [0.25, 0.3) is 0 Å². The van der Waals surface area contributed by atoms with Crippen molar-refractivity contribution in [3.05, 3.63) is 95.4 Å². The van der Waals surface area contributed by atoms with Gasteiger partial charge in [-0.25, -0.2) is 4.39 Å². The van der Waals surface area contributed by atoms with E-state index in [0.717, 1.165) is 11.2 Å². The number of carbonyl (C=O) groups excluding carboxylic acids is 2. The highest BCUT2D eigenvalue weighted by molar-refractivity contribution is 6.01. The molecule has 2 N–H and O–H groups in total. The Morgan fingerprint density at radius 3 is 2.38 bits per heavy atom. The topological polar surface area (TPSA) is 77.7 Å². The summed E-state index contributed by atoms with van der Waals surface area (Å²) in [4.78, 5) is 36.5. The first-order valence-electron chi connectivity index (χ1n) is 15.8. The molecule has 1 aliphatic heterocycles. The number of ether oxygens (including phenoxy) is 1. The molecular weight excluding hydrogens is 567 g/mol. The predicted molar refractivity (Wildman–Crippen MR) is 176 cm³/mol. The fourth-order valence-corrected chi connectivity index (χ4v) is 7.50. The third-order valence-electron chi connectivity index (χ3n) is 10.4. The van der Waals surface area contributed by atoms with E-state index in [1.807, 2.05) is 13.1 Å². The number of piperidine rings is 1. The van der Waals surface area contributed by atoms with Crippen LogP contribution in [0.3, 0.4) is 0 Å². The molecule has 1 aliphatic carbocycles. The van der Waals surface area contributed by atoms with E-state index in [9.17, 15) is 9.59 Å². The molecule has 8 heteroatoms. The molecule has 0 spiro atoms. The molecule has 4 aromatic rings. The Morgan fingerprint density at radius 1 is 1.02 bits per heavy atom. The molecule has 2 fully saturated rings. The van der Waals surface area contributed by atoms with Crippen LogP contribution >= 0.6 is 0 Å². The number of carbonyl (C=O) groups is 2. The number of nitrogens with one attached hydrogen (secondary N) is 2. The molecular formula is C37H43FN4O3. The number of hydrogen-bond acceptors (Lipinski definition) is 4. The highest BCUT2D eigenvalue weighted by Gasteiger charge is 2.60. The van der Waals surface area contributed by atoms with E-state index in [2.05, 4.69) is 54.2 Å². The van der Waals surface area contributed by atoms with Crippen molar-refractivity contribution in [2.24, 2.45) is 11.3 Å². The molecule has 6 rings (SSSR count).